The van der Waals surface area contributed by atoms with E-state index < -0.39 is 5.97 Å². The molecule has 0 unspecified atom stereocenters. The minimum atomic E-state index is -0.528. The minimum Gasteiger partial charge on any atom is -0.460 e. The topological polar surface area (TPSA) is 91.2 Å². The molecule has 1 aromatic carbocycles. The lowest BCUT2D eigenvalue weighted by Gasteiger charge is -2.02. The third kappa shape index (κ3) is 2.98. The zero-order chi connectivity index (χ0) is 16.4. The van der Waals surface area contributed by atoms with E-state index in [1.54, 1.807) is 20.8 Å². The highest BCUT2D eigenvalue weighted by Gasteiger charge is 2.21. The monoisotopic (exact) mass is 313 g/mol. The van der Waals surface area contributed by atoms with Gasteiger partial charge in [0, 0.05) is 25.0 Å². The molecule has 7 heteroatoms. The lowest BCUT2D eigenvalue weighted by Crippen LogP contribution is -2.04. The van der Waals surface area contributed by atoms with Gasteiger partial charge in [-0.15, -0.1) is 10.2 Å². The number of rotatable bonds is 4. The van der Waals surface area contributed by atoms with Crippen molar-refractivity contribution in [2.75, 3.05) is 6.61 Å². The number of hydrogen-bond donors (Lipinski definition) is 0. The summed E-state index contributed by atoms with van der Waals surface area (Å²) < 4.78 is 15.8. The average Bonchev–Trinajstić information content (AvgIpc) is 3.14. The van der Waals surface area contributed by atoms with Gasteiger partial charge >= 0.3 is 5.97 Å². The first kappa shape index (κ1) is 15.0. The van der Waals surface area contributed by atoms with Crippen molar-refractivity contribution in [1.29, 1.82) is 0 Å². The number of carbonyl (C=O) groups excluding carboxylic acids is 1. The molecule has 0 amide bonds. The van der Waals surface area contributed by atoms with Crippen LogP contribution in [0.2, 0.25) is 0 Å². The fourth-order valence-electron chi connectivity index (χ4n) is 2.14. The molecule has 0 radical (unpaired) electrons. The Hall–Kier alpha value is -2.96. The molecular weight excluding hydrogens is 298 g/mol. The van der Waals surface area contributed by atoms with Crippen molar-refractivity contribution in [3.05, 3.63) is 41.8 Å². The van der Waals surface area contributed by atoms with Crippen molar-refractivity contribution >= 4 is 5.97 Å². The van der Waals surface area contributed by atoms with Gasteiger partial charge in [-0.25, -0.2) is 9.78 Å². The Morgan fingerprint density at radius 2 is 1.74 bits per heavy atom. The summed E-state index contributed by atoms with van der Waals surface area (Å²) in [5.74, 6) is 0.918. The Morgan fingerprint density at radius 3 is 2.35 bits per heavy atom. The molecule has 0 N–H and O–H groups in total. The Morgan fingerprint density at radius 1 is 1.04 bits per heavy atom. The molecule has 118 valence electrons. The molecule has 0 spiro atoms. The van der Waals surface area contributed by atoms with Crippen LogP contribution in [0.1, 0.15) is 29.3 Å². The highest BCUT2D eigenvalue weighted by molar-refractivity contribution is 5.93. The van der Waals surface area contributed by atoms with Crippen LogP contribution in [0.5, 0.6) is 0 Å². The zero-order valence-electron chi connectivity index (χ0n) is 13.0. The third-order valence-corrected chi connectivity index (χ3v) is 3.13. The van der Waals surface area contributed by atoms with Gasteiger partial charge in [-0.2, -0.15) is 0 Å². The van der Waals surface area contributed by atoms with Gasteiger partial charge < -0.3 is 13.6 Å². The lowest BCUT2D eigenvalue weighted by atomic mass is 10.1. The van der Waals surface area contributed by atoms with Crippen LogP contribution in [-0.4, -0.2) is 27.8 Å². The highest BCUT2D eigenvalue weighted by Crippen LogP contribution is 2.27. The molecule has 2 heterocycles. The van der Waals surface area contributed by atoms with E-state index in [1.807, 2.05) is 24.3 Å². The summed E-state index contributed by atoms with van der Waals surface area (Å²) in [6.07, 6.45) is 0. The molecule has 0 saturated carbocycles. The van der Waals surface area contributed by atoms with E-state index in [0.717, 1.165) is 11.1 Å². The van der Waals surface area contributed by atoms with Gasteiger partial charge in [0.2, 0.25) is 17.5 Å². The van der Waals surface area contributed by atoms with Crippen molar-refractivity contribution in [1.82, 2.24) is 15.2 Å². The molecule has 0 aliphatic carbocycles. The second-order valence-corrected chi connectivity index (χ2v) is 4.83. The summed E-state index contributed by atoms with van der Waals surface area (Å²) in [4.78, 5) is 16.2. The third-order valence-electron chi connectivity index (χ3n) is 3.13. The summed E-state index contributed by atoms with van der Waals surface area (Å²) in [5.41, 5.74) is 1.98. The average molecular weight is 313 g/mol. The van der Waals surface area contributed by atoms with Crippen LogP contribution < -0.4 is 0 Å². The fourth-order valence-corrected chi connectivity index (χ4v) is 2.14. The lowest BCUT2D eigenvalue weighted by molar-refractivity contribution is 0.0490. The maximum Gasteiger partial charge on any atom is 0.376 e. The van der Waals surface area contributed by atoms with Gasteiger partial charge in [-0.1, -0.05) is 12.1 Å². The molecule has 3 aromatic rings. The predicted molar refractivity (Wildman–Crippen MR) is 80.7 cm³/mol. The summed E-state index contributed by atoms with van der Waals surface area (Å²) in [5, 5.41) is 7.77. The first-order valence-corrected chi connectivity index (χ1v) is 7.14. The fraction of sp³-hybridized carbons (Fsp3) is 0.250. The van der Waals surface area contributed by atoms with Crippen LogP contribution in [-0.2, 0) is 4.74 Å². The molecule has 0 bridgehead atoms. The summed E-state index contributed by atoms with van der Waals surface area (Å²) in [7, 11) is 0. The largest absolute Gasteiger partial charge is 0.460 e. The molecule has 0 fully saturated rings. The van der Waals surface area contributed by atoms with Crippen LogP contribution in [0, 0.1) is 13.8 Å². The van der Waals surface area contributed by atoms with Gasteiger partial charge in [-0.3, -0.25) is 0 Å². The normalized spacial score (nSPS) is 10.7. The van der Waals surface area contributed by atoms with E-state index in [-0.39, 0.29) is 12.4 Å². The number of oxazole rings is 1. The molecule has 23 heavy (non-hydrogen) atoms. The quantitative estimate of drug-likeness (QED) is 0.683. The highest BCUT2D eigenvalue weighted by atomic mass is 16.5. The summed E-state index contributed by atoms with van der Waals surface area (Å²) in [6, 6.07) is 7.27. The van der Waals surface area contributed by atoms with Gasteiger partial charge in [0.15, 0.2) is 5.89 Å². The second-order valence-electron chi connectivity index (χ2n) is 4.83. The second kappa shape index (κ2) is 6.04. The van der Waals surface area contributed by atoms with Gasteiger partial charge in [0.1, 0.15) is 5.69 Å². The van der Waals surface area contributed by atoms with Crippen molar-refractivity contribution in [3.63, 3.8) is 0 Å². The number of hydrogen-bond acceptors (Lipinski definition) is 7. The van der Waals surface area contributed by atoms with Crippen LogP contribution in [0.4, 0.5) is 0 Å². The molecule has 3 rings (SSSR count). The number of ether oxygens (including phenoxy) is 1. The van der Waals surface area contributed by atoms with Crippen molar-refractivity contribution in [3.8, 4) is 22.7 Å². The smallest absolute Gasteiger partial charge is 0.376 e. The van der Waals surface area contributed by atoms with Crippen molar-refractivity contribution < 1.29 is 18.4 Å². The minimum absolute atomic E-state index is 0.103. The molecule has 0 aliphatic heterocycles. The van der Waals surface area contributed by atoms with E-state index in [1.165, 1.54) is 0 Å². The maximum absolute atomic E-state index is 12.0. The van der Waals surface area contributed by atoms with Crippen molar-refractivity contribution in [2.24, 2.45) is 0 Å². The van der Waals surface area contributed by atoms with Gasteiger partial charge in [0.25, 0.3) is 0 Å². The summed E-state index contributed by atoms with van der Waals surface area (Å²) >= 11 is 0. The van der Waals surface area contributed by atoms with Gasteiger partial charge in [0.05, 0.1) is 6.61 Å². The van der Waals surface area contributed by atoms with Gasteiger partial charge in [-0.05, 0) is 19.1 Å². The van der Waals surface area contributed by atoms with E-state index in [0.29, 0.717) is 23.4 Å². The van der Waals surface area contributed by atoms with Crippen LogP contribution in [0.3, 0.4) is 0 Å². The van der Waals surface area contributed by atoms with Crippen LogP contribution >= 0.6 is 0 Å². The first-order valence-electron chi connectivity index (χ1n) is 7.14. The van der Waals surface area contributed by atoms with E-state index in [9.17, 15) is 4.79 Å². The number of carbonyl (C=O) groups is 1. The molecule has 2 aromatic heterocycles. The molecule has 7 nitrogen and oxygen atoms in total. The Kier molecular flexibility index (Phi) is 3.92. The first-order chi connectivity index (χ1) is 11.1. The summed E-state index contributed by atoms with van der Waals surface area (Å²) in [6.45, 7) is 5.42. The SMILES string of the molecule is CCOC(=O)c1oc(C)nc1-c1ccc(-c2nnc(C)o2)cc1. The number of nitrogens with zero attached hydrogens (tertiary/aromatic N) is 3. The van der Waals surface area contributed by atoms with E-state index in [2.05, 4.69) is 15.2 Å². The van der Waals surface area contributed by atoms with E-state index >= 15 is 0 Å². The molecule has 0 saturated heterocycles. The number of aromatic nitrogens is 3. The number of aryl methyl sites for hydroxylation is 2. The standard InChI is InChI=1S/C16H15N3O4/c1-4-21-16(20)14-13(17-9(2)22-14)11-5-7-12(8-6-11)15-19-18-10(3)23-15/h5-8H,4H2,1-3H3. The Labute approximate surface area is 132 Å². The van der Waals surface area contributed by atoms with Crippen LogP contribution in [0.15, 0.2) is 33.1 Å². The molecule has 0 atom stereocenters. The van der Waals surface area contributed by atoms with Crippen LogP contribution in [0.25, 0.3) is 22.7 Å². The number of benzene rings is 1. The zero-order valence-corrected chi connectivity index (χ0v) is 13.0. The molecular formula is C16H15N3O4. The van der Waals surface area contributed by atoms with Crippen molar-refractivity contribution in [2.45, 2.75) is 20.8 Å². The maximum atomic E-state index is 12.0. The number of esters is 1. The molecule has 0 aliphatic rings. The Balaban J connectivity index is 1.95. The van der Waals surface area contributed by atoms with E-state index in [4.69, 9.17) is 13.6 Å². The Bertz CT molecular complexity index is 833. The predicted octanol–water partition coefficient (Wildman–Crippen LogP) is 3.19.